The van der Waals surface area contributed by atoms with E-state index >= 15 is 0 Å². The van der Waals surface area contributed by atoms with Crippen LogP contribution in [0.1, 0.15) is 17.7 Å². The zero-order valence-electron chi connectivity index (χ0n) is 11.0. The van der Waals surface area contributed by atoms with Gasteiger partial charge in [0.2, 0.25) is 5.91 Å². The number of aromatic nitrogens is 1. The molecule has 0 aliphatic rings. The van der Waals surface area contributed by atoms with Crippen molar-refractivity contribution in [3.8, 4) is 0 Å². The maximum Gasteiger partial charge on any atom is 0.326 e. The Hall–Kier alpha value is -1.95. The minimum Gasteiger partial charge on any atom is -0.480 e. The van der Waals surface area contributed by atoms with Crippen molar-refractivity contribution in [3.63, 3.8) is 0 Å². The van der Waals surface area contributed by atoms with E-state index in [-0.39, 0.29) is 25.4 Å². The quantitative estimate of drug-likeness (QED) is 0.752. The van der Waals surface area contributed by atoms with Crippen LogP contribution in [0.4, 0.5) is 0 Å². The van der Waals surface area contributed by atoms with E-state index in [1.54, 1.807) is 12.3 Å². The maximum atomic E-state index is 11.7. The number of pyridine rings is 1. The SMILES string of the molecule is COCCC(NC(=O)Cc1ccc(C)nc1)C(=O)O. The molecule has 1 aromatic rings. The molecule has 0 bridgehead atoms. The summed E-state index contributed by atoms with van der Waals surface area (Å²) in [5.41, 5.74) is 1.62. The summed E-state index contributed by atoms with van der Waals surface area (Å²) in [4.78, 5) is 26.8. The van der Waals surface area contributed by atoms with Gasteiger partial charge in [-0.2, -0.15) is 0 Å². The van der Waals surface area contributed by atoms with Gasteiger partial charge in [-0.15, -0.1) is 0 Å². The molecule has 0 spiro atoms. The van der Waals surface area contributed by atoms with Crippen LogP contribution >= 0.6 is 0 Å². The molecule has 0 fully saturated rings. The standard InChI is InChI=1S/C13H18N2O4/c1-9-3-4-10(8-14-9)7-12(16)15-11(13(17)18)5-6-19-2/h3-4,8,11H,5-7H2,1-2H3,(H,15,16)(H,17,18). The maximum absolute atomic E-state index is 11.7. The third-order valence-corrected chi connectivity index (χ3v) is 2.58. The molecule has 0 radical (unpaired) electrons. The highest BCUT2D eigenvalue weighted by atomic mass is 16.5. The molecule has 0 saturated carbocycles. The first-order valence-electron chi connectivity index (χ1n) is 5.95. The number of nitrogens with zero attached hydrogens (tertiary/aromatic N) is 1. The minimum atomic E-state index is -1.06. The Morgan fingerprint density at radius 2 is 2.21 bits per heavy atom. The van der Waals surface area contributed by atoms with E-state index < -0.39 is 12.0 Å². The molecule has 19 heavy (non-hydrogen) atoms. The van der Waals surface area contributed by atoms with Crippen molar-refractivity contribution in [2.75, 3.05) is 13.7 Å². The van der Waals surface area contributed by atoms with Crippen molar-refractivity contribution in [1.82, 2.24) is 10.3 Å². The largest absolute Gasteiger partial charge is 0.480 e. The average Bonchev–Trinajstić information content (AvgIpc) is 2.37. The van der Waals surface area contributed by atoms with Gasteiger partial charge in [-0.05, 0) is 18.6 Å². The zero-order valence-corrected chi connectivity index (χ0v) is 11.0. The summed E-state index contributed by atoms with van der Waals surface area (Å²) >= 11 is 0. The summed E-state index contributed by atoms with van der Waals surface area (Å²) in [7, 11) is 1.48. The molecule has 0 aliphatic heterocycles. The molecule has 1 amide bonds. The fourth-order valence-corrected chi connectivity index (χ4v) is 1.53. The zero-order chi connectivity index (χ0) is 14.3. The lowest BCUT2D eigenvalue weighted by Gasteiger charge is -2.13. The predicted molar refractivity (Wildman–Crippen MR) is 68.7 cm³/mol. The van der Waals surface area contributed by atoms with Crippen LogP contribution in [0.3, 0.4) is 0 Å². The number of amides is 1. The topological polar surface area (TPSA) is 88.5 Å². The molecular formula is C13H18N2O4. The molecule has 1 rings (SSSR count). The molecular weight excluding hydrogens is 248 g/mol. The molecule has 1 aromatic heterocycles. The summed E-state index contributed by atoms with van der Waals surface area (Å²) in [6.07, 6.45) is 1.97. The van der Waals surface area contributed by atoms with Crippen LogP contribution in [0.15, 0.2) is 18.3 Å². The van der Waals surface area contributed by atoms with Gasteiger partial charge in [-0.25, -0.2) is 4.79 Å². The second-order valence-corrected chi connectivity index (χ2v) is 4.22. The number of aryl methyl sites for hydroxylation is 1. The second kappa shape index (κ2) is 7.48. The smallest absolute Gasteiger partial charge is 0.326 e. The number of hydrogen-bond donors (Lipinski definition) is 2. The van der Waals surface area contributed by atoms with Crippen LogP contribution in [-0.2, 0) is 20.7 Å². The van der Waals surface area contributed by atoms with Crippen LogP contribution in [0.25, 0.3) is 0 Å². The average molecular weight is 266 g/mol. The Morgan fingerprint density at radius 3 is 2.74 bits per heavy atom. The summed E-state index contributed by atoms with van der Waals surface area (Å²) in [6.45, 7) is 2.14. The molecule has 2 N–H and O–H groups in total. The molecule has 1 atom stereocenters. The van der Waals surface area contributed by atoms with Crippen molar-refractivity contribution in [3.05, 3.63) is 29.6 Å². The second-order valence-electron chi connectivity index (χ2n) is 4.22. The van der Waals surface area contributed by atoms with Crippen LogP contribution in [0, 0.1) is 6.92 Å². The van der Waals surface area contributed by atoms with Gasteiger partial charge in [0.1, 0.15) is 6.04 Å². The molecule has 0 aromatic carbocycles. The third kappa shape index (κ3) is 5.48. The van der Waals surface area contributed by atoms with E-state index in [2.05, 4.69) is 10.3 Å². The fraction of sp³-hybridized carbons (Fsp3) is 0.462. The summed E-state index contributed by atoms with van der Waals surface area (Å²) in [5, 5.41) is 11.4. The van der Waals surface area contributed by atoms with Gasteiger partial charge < -0.3 is 15.2 Å². The van der Waals surface area contributed by atoms with E-state index in [4.69, 9.17) is 9.84 Å². The first-order chi connectivity index (χ1) is 9.02. The molecule has 0 saturated heterocycles. The lowest BCUT2D eigenvalue weighted by atomic mass is 10.1. The van der Waals surface area contributed by atoms with Crippen molar-refractivity contribution >= 4 is 11.9 Å². The molecule has 0 aliphatic carbocycles. The Balaban J connectivity index is 2.52. The van der Waals surface area contributed by atoms with Crippen LogP contribution in [-0.4, -0.2) is 41.7 Å². The number of methoxy groups -OCH3 is 1. The van der Waals surface area contributed by atoms with Crippen molar-refractivity contribution in [2.45, 2.75) is 25.8 Å². The van der Waals surface area contributed by atoms with Gasteiger partial charge >= 0.3 is 5.97 Å². The number of carbonyl (C=O) groups excluding carboxylic acids is 1. The summed E-state index contributed by atoms with van der Waals surface area (Å²) in [5.74, 6) is -1.40. The minimum absolute atomic E-state index is 0.115. The fourth-order valence-electron chi connectivity index (χ4n) is 1.53. The van der Waals surface area contributed by atoms with E-state index in [9.17, 15) is 9.59 Å². The highest BCUT2D eigenvalue weighted by Gasteiger charge is 2.19. The summed E-state index contributed by atoms with van der Waals surface area (Å²) in [6, 6.07) is 2.68. The van der Waals surface area contributed by atoms with Crippen LogP contribution in [0.2, 0.25) is 0 Å². The van der Waals surface area contributed by atoms with Crippen LogP contribution in [0.5, 0.6) is 0 Å². The first-order valence-corrected chi connectivity index (χ1v) is 5.95. The number of carbonyl (C=O) groups is 2. The van der Waals surface area contributed by atoms with Crippen molar-refractivity contribution in [2.24, 2.45) is 0 Å². The lowest BCUT2D eigenvalue weighted by molar-refractivity contribution is -0.142. The number of ether oxygens (including phenoxy) is 1. The number of rotatable bonds is 7. The van der Waals surface area contributed by atoms with Crippen molar-refractivity contribution in [1.29, 1.82) is 0 Å². The van der Waals surface area contributed by atoms with E-state index in [1.165, 1.54) is 7.11 Å². The Morgan fingerprint density at radius 1 is 1.47 bits per heavy atom. The van der Waals surface area contributed by atoms with Crippen LogP contribution < -0.4 is 5.32 Å². The first kappa shape index (κ1) is 15.1. The molecule has 6 heteroatoms. The van der Waals surface area contributed by atoms with Gasteiger partial charge in [0, 0.05) is 32.0 Å². The van der Waals surface area contributed by atoms with Crippen molar-refractivity contribution < 1.29 is 19.4 Å². The molecule has 104 valence electrons. The monoisotopic (exact) mass is 266 g/mol. The Bertz CT molecular complexity index is 431. The predicted octanol–water partition coefficient (Wildman–Crippen LogP) is 0.538. The molecule has 6 nitrogen and oxygen atoms in total. The lowest BCUT2D eigenvalue weighted by Crippen LogP contribution is -2.42. The number of carboxylic acids is 1. The normalized spacial score (nSPS) is 11.9. The summed E-state index contributed by atoms with van der Waals surface area (Å²) < 4.78 is 4.81. The number of nitrogens with one attached hydrogen (secondary N) is 1. The van der Waals surface area contributed by atoms with E-state index in [0.717, 1.165) is 11.3 Å². The highest BCUT2D eigenvalue weighted by molar-refractivity contribution is 5.84. The van der Waals surface area contributed by atoms with Gasteiger partial charge in [-0.1, -0.05) is 6.07 Å². The highest BCUT2D eigenvalue weighted by Crippen LogP contribution is 2.01. The number of aliphatic carboxylic acids is 1. The van der Waals surface area contributed by atoms with Gasteiger partial charge in [0.05, 0.1) is 6.42 Å². The molecule has 1 unspecified atom stereocenters. The Kier molecular flexibility index (Phi) is 5.95. The van der Waals surface area contributed by atoms with Gasteiger partial charge in [0.25, 0.3) is 0 Å². The van der Waals surface area contributed by atoms with E-state index in [1.807, 2.05) is 13.0 Å². The van der Waals surface area contributed by atoms with Gasteiger partial charge in [0.15, 0.2) is 0 Å². The molecule has 1 heterocycles. The Labute approximate surface area is 111 Å². The third-order valence-electron chi connectivity index (χ3n) is 2.58. The van der Waals surface area contributed by atoms with Gasteiger partial charge in [-0.3, -0.25) is 9.78 Å². The number of hydrogen-bond acceptors (Lipinski definition) is 4. The number of carboxylic acid groups (broad SMARTS) is 1. The van der Waals surface area contributed by atoms with E-state index in [0.29, 0.717) is 0 Å².